The van der Waals surface area contributed by atoms with Gasteiger partial charge in [0.2, 0.25) is 5.89 Å². The van der Waals surface area contributed by atoms with E-state index >= 15 is 0 Å². The number of oxazole rings is 1. The first kappa shape index (κ1) is 20.1. The summed E-state index contributed by atoms with van der Waals surface area (Å²) in [6.45, 7) is 8.43. The van der Waals surface area contributed by atoms with Crippen LogP contribution in [0, 0.1) is 13.8 Å². The number of aromatic nitrogens is 2. The van der Waals surface area contributed by atoms with E-state index in [-0.39, 0.29) is 0 Å². The molecule has 0 spiro atoms. The average Bonchev–Trinajstić information content (AvgIpc) is 3.31. The summed E-state index contributed by atoms with van der Waals surface area (Å²) >= 11 is 1.69. The second-order valence-electron chi connectivity index (χ2n) is 6.56. The molecular weight excluding hydrogens is 370 g/mol. The zero-order valence-electron chi connectivity index (χ0n) is 16.7. The quantitative estimate of drug-likeness (QED) is 0.447. The Balaban J connectivity index is 1.50. The predicted octanol–water partition coefficient (Wildman–Crippen LogP) is 3.76. The molecule has 28 heavy (non-hydrogen) atoms. The van der Waals surface area contributed by atoms with Crippen molar-refractivity contribution in [1.29, 1.82) is 0 Å². The van der Waals surface area contributed by atoms with Crippen LogP contribution in [0.3, 0.4) is 0 Å². The molecule has 0 aliphatic rings. The summed E-state index contributed by atoms with van der Waals surface area (Å²) in [4.78, 5) is 13.7. The van der Waals surface area contributed by atoms with Gasteiger partial charge in [0.1, 0.15) is 6.26 Å². The standard InChI is InChI=1S/C21H27N5OS/c1-4-22-21(24-12-10-19-14-28-16(3)25-19)23-11-9-18-13-27-20(26-18)17-7-5-15(2)6-8-17/h5-8,13-14H,4,9-12H2,1-3H3,(H2,22,23,24). The fourth-order valence-electron chi connectivity index (χ4n) is 2.71. The van der Waals surface area contributed by atoms with Gasteiger partial charge in [0.15, 0.2) is 5.96 Å². The number of aliphatic imine (C=N–C) groups is 1. The van der Waals surface area contributed by atoms with Crippen molar-refractivity contribution >= 4 is 17.3 Å². The summed E-state index contributed by atoms with van der Waals surface area (Å²) in [7, 11) is 0. The second-order valence-corrected chi connectivity index (χ2v) is 7.62. The van der Waals surface area contributed by atoms with Gasteiger partial charge in [0.05, 0.1) is 16.4 Å². The largest absolute Gasteiger partial charge is 0.444 e. The van der Waals surface area contributed by atoms with Crippen molar-refractivity contribution in [2.75, 3.05) is 19.6 Å². The van der Waals surface area contributed by atoms with E-state index in [1.165, 1.54) is 5.56 Å². The van der Waals surface area contributed by atoms with Gasteiger partial charge in [0, 0.05) is 43.4 Å². The number of rotatable bonds is 8. The van der Waals surface area contributed by atoms with Crippen LogP contribution in [0.2, 0.25) is 0 Å². The van der Waals surface area contributed by atoms with Crippen molar-refractivity contribution in [3.05, 3.63) is 57.9 Å². The van der Waals surface area contributed by atoms with Crippen LogP contribution in [0.4, 0.5) is 0 Å². The molecule has 0 amide bonds. The Morgan fingerprint density at radius 2 is 1.89 bits per heavy atom. The number of hydrogen-bond donors (Lipinski definition) is 2. The molecule has 6 nitrogen and oxygen atoms in total. The lowest BCUT2D eigenvalue weighted by Crippen LogP contribution is -2.38. The molecule has 3 aromatic rings. The Labute approximate surface area is 170 Å². The van der Waals surface area contributed by atoms with Crippen molar-refractivity contribution in [1.82, 2.24) is 20.6 Å². The smallest absolute Gasteiger partial charge is 0.226 e. The highest BCUT2D eigenvalue weighted by molar-refractivity contribution is 7.09. The van der Waals surface area contributed by atoms with Gasteiger partial charge in [-0.1, -0.05) is 17.7 Å². The van der Waals surface area contributed by atoms with Gasteiger partial charge >= 0.3 is 0 Å². The normalized spacial score (nSPS) is 11.6. The Morgan fingerprint density at radius 3 is 2.61 bits per heavy atom. The highest BCUT2D eigenvalue weighted by Crippen LogP contribution is 2.19. The number of thiazole rings is 1. The van der Waals surface area contributed by atoms with Gasteiger partial charge in [-0.25, -0.2) is 9.97 Å². The van der Waals surface area contributed by atoms with Crippen LogP contribution in [0.25, 0.3) is 11.5 Å². The number of benzene rings is 1. The highest BCUT2D eigenvalue weighted by Gasteiger charge is 2.07. The molecule has 0 bridgehead atoms. The topological polar surface area (TPSA) is 75.3 Å². The predicted molar refractivity (Wildman–Crippen MR) is 115 cm³/mol. The van der Waals surface area contributed by atoms with E-state index in [2.05, 4.69) is 57.0 Å². The van der Waals surface area contributed by atoms with Crippen LogP contribution in [0.5, 0.6) is 0 Å². The summed E-state index contributed by atoms with van der Waals surface area (Å²) in [6, 6.07) is 8.18. The maximum Gasteiger partial charge on any atom is 0.226 e. The van der Waals surface area contributed by atoms with Crippen LogP contribution in [0.15, 0.2) is 45.3 Å². The Hall–Kier alpha value is -2.67. The summed E-state index contributed by atoms with van der Waals surface area (Å²) in [5.41, 5.74) is 4.25. The van der Waals surface area contributed by atoms with Gasteiger partial charge < -0.3 is 15.1 Å². The zero-order chi connectivity index (χ0) is 19.8. The minimum atomic E-state index is 0.644. The lowest BCUT2D eigenvalue weighted by Gasteiger charge is -2.10. The first-order chi connectivity index (χ1) is 13.6. The lowest BCUT2D eigenvalue weighted by molar-refractivity contribution is 0.572. The molecule has 0 fully saturated rings. The monoisotopic (exact) mass is 397 g/mol. The number of nitrogens with one attached hydrogen (secondary N) is 2. The first-order valence-corrected chi connectivity index (χ1v) is 10.5. The SMILES string of the molecule is CCNC(=NCCc1coc(-c2ccc(C)cc2)n1)NCCc1csc(C)n1. The molecule has 148 valence electrons. The van der Waals surface area contributed by atoms with E-state index < -0.39 is 0 Å². The van der Waals surface area contributed by atoms with Crippen molar-refractivity contribution < 1.29 is 4.42 Å². The first-order valence-electron chi connectivity index (χ1n) is 9.58. The van der Waals surface area contributed by atoms with Gasteiger partial charge in [-0.2, -0.15) is 0 Å². The number of nitrogens with zero attached hydrogens (tertiary/aromatic N) is 3. The molecule has 0 aliphatic carbocycles. The molecule has 7 heteroatoms. The maximum absolute atomic E-state index is 5.61. The maximum atomic E-state index is 5.61. The number of hydrogen-bond acceptors (Lipinski definition) is 5. The molecule has 2 heterocycles. The lowest BCUT2D eigenvalue weighted by atomic mass is 10.1. The second kappa shape index (κ2) is 10.0. The van der Waals surface area contributed by atoms with Gasteiger partial charge in [0.25, 0.3) is 0 Å². The molecule has 0 saturated heterocycles. The Morgan fingerprint density at radius 1 is 1.07 bits per heavy atom. The minimum Gasteiger partial charge on any atom is -0.444 e. The fraction of sp³-hybridized carbons (Fsp3) is 0.381. The molecule has 0 saturated carbocycles. The molecule has 0 atom stereocenters. The van der Waals surface area contributed by atoms with Gasteiger partial charge in [-0.3, -0.25) is 4.99 Å². The van der Waals surface area contributed by atoms with Gasteiger partial charge in [-0.15, -0.1) is 11.3 Å². The molecule has 1 aromatic carbocycles. The number of aryl methyl sites for hydroxylation is 2. The Bertz CT molecular complexity index is 898. The molecule has 2 aromatic heterocycles. The Kier molecular flexibility index (Phi) is 7.19. The van der Waals surface area contributed by atoms with E-state index in [0.29, 0.717) is 12.4 Å². The van der Waals surface area contributed by atoms with Crippen LogP contribution >= 0.6 is 11.3 Å². The third-order valence-electron chi connectivity index (χ3n) is 4.17. The minimum absolute atomic E-state index is 0.644. The molecular formula is C21H27N5OS. The molecule has 0 aliphatic heterocycles. The van der Waals surface area contributed by atoms with E-state index in [4.69, 9.17) is 4.42 Å². The van der Waals surface area contributed by atoms with Gasteiger partial charge in [-0.05, 0) is 32.9 Å². The van der Waals surface area contributed by atoms with Crippen LogP contribution < -0.4 is 10.6 Å². The van der Waals surface area contributed by atoms with E-state index in [1.54, 1.807) is 17.6 Å². The van der Waals surface area contributed by atoms with Crippen molar-refractivity contribution in [3.8, 4) is 11.5 Å². The molecule has 0 radical (unpaired) electrons. The van der Waals surface area contributed by atoms with Crippen molar-refractivity contribution in [2.45, 2.75) is 33.6 Å². The van der Waals surface area contributed by atoms with Crippen LogP contribution in [-0.4, -0.2) is 35.6 Å². The summed E-state index contributed by atoms with van der Waals surface area (Å²) in [5, 5.41) is 9.85. The van der Waals surface area contributed by atoms with Crippen LogP contribution in [0.1, 0.15) is 28.9 Å². The summed E-state index contributed by atoms with van der Waals surface area (Å²) in [5.74, 6) is 1.47. The highest BCUT2D eigenvalue weighted by atomic mass is 32.1. The number of guanidine groups is 1. The summed E-state index contributed by atoms with van der Waals surface area (Å²) < 4.78 is 5.61. The van der Waals surface area contributed by atoms with E-state index in [1.807, 2.05) is 19.1 Å². The fourth-order valence-corrected chi connectivity index (χ4v) is 3.35. The van der Waals surface area contributed by atoms with Crippen molar-refractivity contribution in [2.24, 2.45) is 4.99 Å². The van der Waals surface area contributed by atoms with E-state index in [0.717, 1.165) is 53.8 Å². The molecule has 3 rings (SSSR count). The zero-order valence-corrected chi connectivity index (χ0v) is 17.5. The van der Waals surface area contributed by atoms with Crippen molar-refractivity contribution in [3.63, 3.8) is 0 Å². The summed E-state index contributed by atoms with van der Waals surface area (Å²) in [6.07, 6.45) is 3.34. The van der Waals surface area contributed by atoms with Crippen LogP contribution in [-0.2, 0) is 12.8 Å². The third kappa shape index (κ3) is 5.92. The third-order valence-corrected chi connectivity index (χ3v) is 4.99. The molecule has 2 N–H and O–H groups in total. The van der Waals surface area contributed by atoms with E-state index in [9.17, 15) is 0 Å². The average molecular weight is 398 g/mol. The molecule has 0 unspecified atom stereocenters.